The van der Waals surface area contributed by atoms with Gasteiger partial charge in [0.25, 0.3) is 0 Å². The molecule has 10 heteroatoms. The molecule has 1 aromatic heterocycles. The number of carbonyl (C=O) groups is 2. The summed E-state index contributed by atoms with van der Waals surface area (Å²) >= 11 is 0. The highest BCUT2D eigenvalue weighted by atomic mass is 19.1. The number of rotatable bonds is 7. The molecule has 0 radical (unpaired) electrons. The first kappa shape index (κ1) is 21.5. The summed E-state index contributed by atoms with van der Waals surface area (Å²) < 4.78 is 26.9. The number of hydrogen-bond donors (Lipinski definition) is 0. The Morgan fingerprint density at radius 3 is 2.97 bits per heavy atom. The second kappa shape index (κ2) is 9.63. The Hall–Kier alpha value is -3.69. The smallest absolute Gasteiger partial charge is 0.414 e. The van der Waals surface area contributed by atoms with Crippen LogP contribution in [0.2, 0.25) is 0 Å². The Balaban J connectivity index is 1.41. The lowest BCUT2D eigenvalue weighted by atomic mass is 10.0. The number of anilines is 2. The van der Waals surface area contributed by atoms with Crippen LogP contribution in [-0.2, 0) is 20.8 Å². The minimum atomic E-state index is -1.29. The molecule has 9 nitrogen and oxygen atoms in total. The van der Waals surface area contributed by atoms with E-state index in [2.05, 4.69) is 16.9 Å². The van der Waals surface area contributed by atoms with Crippen LogP contribution < -0.4 is 9.80 Å². The number of ether oxygens (including phenoxy) is 2. The van der Waals surface area contributed by atoms with Gasteiger partial charge in [-0.25, -0.2) is 18.7 Å². The molecule has 0 unspecified atom stereocenters. The second-order valence-electron chi connectivity index (χ2n) is 7.56. The van der Waals surface area contributed by atoms with Crippen LogP contribution in [0.4, 0.5) is 20.6 Å². The number of amides is 1. The normalized spacial score (nSPS) is 22.2. The maximum Gasteiger partial charge on any atom is 0.414 e. The van der Waals surface area contributed by atoms with Gasteiger partial charge in [-0.3, -0.25) is 4.90 Å². The van der Waals surface area contributed by atoms with Gasteiger partial charge in [0, 0.05) is 36.6 Å². The maximum atomic E-state index is 14.9. The maximum absolute atomic E-state index is 14.9. The molecule has 1 aromatic carbocycles. The van der Waals surface area contributed by atoms with Crippen molar-refractivity contribution in [2.75, 3.05) is 29.5 Å². The number of aromatic nitrogens is 3. The van der Waals surface area contributed by atoms with Crippen molar-refractivity contribution in [1.82, 2.24) is 15.0 Å². The molecule has 0 N–H and O–H groups in total. The second-order valence-corrected chi connectivity index (χ2v) is 7.56. The SMILES string of the molecule is C=CCOC(=O)/C=C1/CCN(c2cccc(N3C[C@H](Cn4ccnn4)OC3=O)c2)[C@H](F)C1. The summed E-state index contributed by atoms with van der Waals surface area (Å²) in [5, 5.41) is 7.64. The van der Waals surface area contributed by atoms with E-state index in [1.54, 1.807) is 46.2 Å². The predicted octanol–water partition coefficient (Wildman–Crippen LogP) is 2.85. The minimum absolute atomic E-state index is 0.110. The number of carbonyl (C=O) groups excluding carboxylic acids is 2. The Morgan fingerprint density at radius 2 is 2.22 bits per heavy atom. The van der Waals surface area contributed by atoms with Gasteiger partial charge in [-0.1, -0.05) is 29.5 Å². The molecule has 3 heterocycles. The average Bonchev–Trinajstić information content (AvgIpc) is 3.42. The van der Waals surface area contributed by atoms with Crippen molar-refractivity contribution in [2.24, 2.45) is 0 Å². The van der Waals surface area contributed by atoms with Crippen LogP contribution >= 0.6 is 0 Å². The van der Waals surface area contributed by atoms with Crippen molar-refractivity contribution < 1.29 is 23.5 Å². The van der Waals surface area contributed by atoms with E-state index in [9.17, 15) is 14.0 Å². The van der Waals surface area contributed by atoms with Gasteiger partial charge in [0.1, 0.15) is 12.7 Å². The lowest BCUT2D eigenvalue weighted by Crippen LogP contribution is -2.37. The first-order chi connectivity index (χ1) is 15.5. The van der Waals surface area contributed by atoms with Crippen LogP contribution in [0.1, 0.15) is 12.8 Å². The summed E-state index contributed by atoms with van der Waals surface area (Å²) in [6, 6.07) is 7.16. The molecule has 0 bridgehead atoms. The number of hydrogen-bond acceptors (Lipinski definition) is 7. The minimum Gasteiger partial charge on any atom is -0.458 e. The van der Waals surface area contributed by atoms with Crippen LogP contribution in [0.5, 0.6) is 0 Å². The standard InChI is InChI=1S/C22H24FN5O4/c1-2-10-31-21(29)12-16-6-8-27(20(23)11-16)17-4-3-5-18(13-17)28-15-19(32-22(28)30)14-26-9-7-24-25-26/h2-5,7,9,12-13,19-20H,1,6,8,10-11,14-15H2/b16-12-/t19-,20-/m0/s1. The quantitative estimate of drug-likeness (QED) is 0.282. The summed E-state index contributed by atoms with van der Waals surface area (Å²) in [5.41, 5.74) is 2.00. The number of halogens is 1. The fourth-order valence-corrected chi connectivity index (χ4v) is 3.81. The number of piperidine rings is 1. The van der Waals surface area contributed by atoms with E-state index in [0.717, 1.165) is 0 Å². The summed E-state index contributed by atoms with van der Waals surface area (Å²) in [5.74, 6) is -0.490. The lowest BCUT2D eigenvalue weighted by Gasteiger charge is -2.34. The van der Waals surface area contributed by atoms with Gasteiger partial charge >= 0.3 is 12.1 Å². The molecule has 0 saturated carbocycles. The van der Waals surface area contributed by atoms with Crippen molar-refractivity contribution in [2.45, 2.75) is 31.8 Å². The van der Waals surface area contributed by atoms with Gasteiger partial charge in [0.15, 0.2) is 6.30 Å². The fourth-order valence-electron chi connectivity index (χ4n) is 3.81. The molecule has 2 aromatic rings. The number of nitrogens with zero attached hydrogens (tertiary/aromatic N) is 5. The largest absolute Gasteiger partial charge is 0.458 e. The monoisotopic (exact) mass is 441 g/mol. The molecule has 2 saturated heterocycles. The third-order valence-electron chi connectivity index (χ3n) is 5.32. The molecule has 32 heavy (non-hydrogen) atoms. The molecular formula is C22H24FN5O4. The molecular weight excluding hydrogens is 417 g/mol. The van der Waals surface area contributed by atoms with Crippen LogP contribution in [0.25, 0.3) is 0 Å². The molecule has 0 aliphatic carbocycles. The number of cyclic esters (lactones) is 1. The molecule has 2 aliphatic heterocycles. The van der Waals surface area contributed by atoms with Crippen molar-refractivity contribution in [3.63, 3.8) is 0 Å². The predicted molar refractivity (Wildman–Crippen MR) is 115 cm³/mol. The molecule has 2 fully saturated rings. The molecule has 2 aliphatic rings. The number of esters is 1. The van der Waals surface area contributed by atoms with E-state index in [0.29, 0.717) is 43.0 Å². The molecule has 4 rings (SSSR count). The van der Waals surface area contributed by atoms with Crippen molar-refractivity contribution in [3.05, 3.63) is 61.0 Å². The zero-order valence-electron chi connectivity index (χ0n) is 17.5. The van der Waals surface area contributed by atoms with Gasteiger partial charge < -0.3 is 14.4 Å². The Labute approximate surface area is 184 Å². The number of benzene rings is 1. The van der Waals surface area contributed by atoms with E-state index >= 15 is 0 Å². The Kier molecular flexibility index (Phi) is 6.48. The van der Waals surface area contributed by atoms with Gasteiger partial charge in [-0.05, 0) is 24.6 Å². The highest BCUT2D eigenvalue weighted by Crippen LogP contribution is 2.32. The third-order valence-corrected chi connectivity index (χ3v) is 5.32. The Bertz CT molecular complexity index is 1010. The van der Waals surface area contributed by atoms with E-state index in [-0.39, 0.29) is 19.1 Å². The summed E-state index contributed by atoms with van der Waals surface area (Å²) in [6.07, 6.45) is 4.67. The van der Waals surface area contributed by atoms with Crippen molar-refractivity contribution >= 4 is 23.4 Å². The van der Waals surface area contributed by atoms with Crippen molar-refractivity contribution in [3.8, 4) is 0 Å². The topological polar surface area (TPSA) is 89.8 Å². The zero-order valence-corrected chi connectivity index (χ0v) is 17.5. The lowest BCUT2D eigenvalue weighted by molar-refractivity contribution is -0.136. The average molecular weight is 441 g/mol. The molecule has 1 amide bonds. The summed E-state index contributed by atoms with van der Waals surface area (Å²) in [6.45, 7) is 4.79. The van der Waals surface area contributed by atoms with Crippen LogP contribution in [-0.4, -0.2) is 59.2 Å². The highest BCUT2D eigenvalue weighted by molar-refractivity contribution is 5.90. The van der Waals surface area contributed by atoms with Crippen LogP contribution in [0.15, 0.2) is 61.0 Å². The zero-order chi connectivity index (χ0) is 22.5. The van der Waals surface area contributed by atoms with Gasteiger partial charge in [-0.15, -0.1) is 5.10 Å². The van der Waals surface area contributed by atoms with Gasteiger partial charge in [0.2, 0.25) is 0 Å². The van der Waals surface area contributed by atoms with E-state index in [1.807, 2.05) is 0 Å². The first-order valence-corrected chi connectivity index (χ1v) is 10.3. The highest BCUT2D eigenvalue weighted by Gasteiger charge is 2.33. The fraction of sp³-hybridized carbons (Fsp3) is 0.364. The van der Waals surface area contributed by atoms with E-state index < -0.39 is 18.4 Å². The van der Waals surface area contributed by atoms with Gasteiger partial charge in [-0.2, -0.15) is 0 Å². The summed E-state index contributed by atoms with van der Waals surface area (Å²) in [7, 11) is 0. The van der Waals surface area contributed by atoms with E-state index in [4.69, 9.17) is 9.47 Å². The van der Waals surface area contributed by atoms with Crippen molar-refractivity contribution in [1.29, 1.82) is 0 Å². The van der Waals surface area contributed by atoms with Gasteiger partial charge in [0.05, 0.1) is 19.3 Å². The third kappa shape index (κ3) is 4.96. The first-order valence-electron chi connectivity index (χ1n) is 10.3. The van der Waals surface area contributed by atoms with Crippen LogP contribution in [0, 0.1) is 0 Å². The number of alkyl halides is 1. The molecule has 2 atom stereocenters. The molecule has 168 valence electrons. The summed E-state index contributed by atoms with van der Waals surface area (Å²) in [4.78, 5) is 27.3. The van der Waals surface area contributed by atoms with Crippen LogP contribution in [0.3, 0.4) is 0 Å². The van der Waals surface area contributed by atoms with E-state index in [1.165, 1.54) is 17.1 Å². The Morgan fingerprint density at radius 1 is 1.38 bits per heavy atom. The molecule has 0 spiro atoms.